The first-order valence-electron chi connectivity index (χ1n) is 8.64. The molecular weight excluding hydrogens is 296 g/mol. The molecule has 2 atom stereocenters. The Morgan fingerprint density at radius 3 is 2.18 bits per heavy atom. The normalized spacial score (nSPS) is 13.4. The van der Waals surface area contributed by atoms with E-state index in [1.54, 1.807) is 0 Å². The van der Waals surface area contributed by atoms with Crippen LogP contribution in [0.2, 0.25) is 0 Å². The van der Waals surface area contributed by atoms with Gasteiger partial charge in [0.05, 0.1) is 11.7 Å². The lowest BCUT2D eigenvalue weighted by molar-refractivity contribution is -0.139. The molecular formula is C17H32N2O2S. The van der Waals surface area contributed by atoms with Crippen LogP contribution < -0.4 is 5.32 Å². The Kier molecular flexibility index (Phi) is 14.6. The number of rotatable bonds is 15. The second kappa shape index (κ2) is 15.1. The molecule has 0 fully saturated rings. The van der Waals surface area contributed by atoms with Crippen molar-refractivity contribution in [3.63, 3.8) is 0 Å². The Labute approximate surface area is 140 Å². The van der Waals surface area contributed by atoms with E-state index in [1.165, 1.54) is 51.4 Å². The minimum Gasteiger partial charge on any atom is -0.480 e. The number of aliphatic carboxylic acids is 1. The number of nitrogens with one attached hydrogen (secondary N) is 1. The molecule has 0 radical (unpaired) electrons. The van der Waals surface area contributed by atoms with E-state index in [0.29, 0.717) is 0 Å². The Morgan fingerprint density at radius 2 is 1.68 bits per heavy atom. The van der Waals surface area contributed by atoms with Crippen LogP contribution in [-0.4, -0.2) is 34.9 Å². The molecule has 0 aliphatic rings. The molecule has 0 rings (SSSR count). The summed E-state index contributed by atoms with van der Waals surface area (Å²) in [4.78, 5) is 14.8. The third kappa shape index (κ3) is 12.9. The van der Waals surface area contributed by atoms with Crippen LogP contribution in [0.25, 0.3) is 0 Å². The lowest BCUT2D eigenvalue weighted by atomic mass is 10.0. The van der Waals surface area contributed by atoms with Crippen molar-refractivity contribution in [2.75, 3.05) is 6.54 Å². The van der Waals surface area contributed by atoms with E-state index >= 15 is 0 Å². The predicted molar refractivity (Wildman–Crippen MR) is 95.8 cm³/mol. The van der Waals surface area contributed by atoms with Gasteiger partial charge in [-0.25, -0.2) is 4.99 Å². The maximum atomic E-state index is 11.1. The quantitative estimate of drug-likeness (QED) is 0.265. The molecule has 2 N–H and O–H groups in total. The van der Waals surface area contributed by atoms with Crippen LogP contribution in [0.4, 0.5) is 0 Å². The average molecular weight is 329 g/mol. The lowest BCUT2D eigenvalue weighted by Gasteiger charge is -2.18. The number of isothiocyanates is 1. The Morgan fingerprint density at radius 1 is 1.14 bits per heavy atom. The number of nitrogens with zero attached hydrogens (tertiary/aromatic N) is 1. The van der Waals surface area contributed by atoms with E-state index in [1.807, 2.05) is 6.92 Å². The highest BCUT2D eigenvalue weighted by atomic mass is 32.1. The summed E-state index contributed by atoms with van der Waals surface area (Å²) in [5.74, 6) is -0.882. The average Bonchev–Trinajstić information content (AvgIpc) is 2.49. The molecule has 0 aliphatic heterocycles. The van der Waals surface area contributed by atoms with E-state index < -0.39 is 12.0 Å². The van der Waals surface area contributed by atoms with E-state index in [9.17, 15) is 4.79 Å². The molecule has 0 saturated carbocycles. The van der Waals surface area contributed by atoms with E-state index in [-0.39, 0.29) is 12.6 Å². The van der Waals surface area contributed by atoms with Gasteiger partial charge in [0.15, 0.2) is 0 Å². The zero-order valence-corrected chi connectivity index (χ0v) is 15.0. The van der Waals surface area contributed by atoms with E-state index in [0.717, 1.165) is 12.8 Å². The largest absolute Gasteiger partial charge is 0.480 e. The van der Waals surface area contributed by atoms with Crippen LogP contribution in [0.3, 0.4) is 0 Å². The van der Waals surface area contributed by atoms with Gasteiger partial charge in [0.2, 0.25) is 0 Å². The molecule has 0 bridgehead atoms. The minimum absolute atomic E-state index is 0.154. The first-order chi connectivity index (χ1) is 10.6. The standard InChI is InChI=1S/C17H32N2O2S/c1-3-4-5-6-7-8-9-10-11-12-15(2)19-16(17(20)21)13-18-14-22/h15-16,19H,3-13H2,1-2H3,(H,20,21). The lowest BCUT2D eigenvalue weighted by Crippen LogP contribution is -2.44. The minimum atomic E-state index is -0.882. The molecule has 0 aliphatic carbocycles. The molecule has 22 heavy (non-hydrogen) atoms. The summed E-state index contributed by atoms with van der Waals surface area (Å²) in [6.45, 7) is 4.43. The monoisotopic (exact) mass is 328 g/mol. The molecule has 0 heterocycles. The summed E-state index contributed by atoms with van der Waals surface area (Å²) in [7, 11) is 0. The van der Waals surface area contributed by atoms with E-state index in [2.05, 4.69) is 34.6 Å². The smallest absolute Gasteiger partial charge is 0.322 e. The van der Waals surface area contributed by atoms with Gasteiger partial charge in [0.1, 0.15) is 6.04 Å². The van der Waals surface area contributed by atoms with Crippen LogP contribution in [0, 0.1) is 0 Å². The summed E-state index contributed by atoms with van der Waals surface area (Å²) in [6.07, 6.45) is 12.7. The number of hydrogen-bond acceptors (Lipinski definition) is 4. The fourth-order valence-electron chi connectivity index (χ4n) is 2.52. The number of aliphatic imine (C=N–C) groups is 1. The van der Waals surface area contributed by atoms with Gasteiger partial charge in [-0.05, 0) is 25.6 Å². The van der Waals surface area contributed by atoms with Crippen LogP contribution >= 0.6 is 12.2 Å². The van der Waals surface area contributed by atoms with Crippen molar-refractivity contribution in [3.05, 3.63) is 0 Å². The third-order valence-corrected chi connectivity index (χ3v) is 3.99. The maximum Gasteiger partial charge on any atom is 0.322 e. The highest BCUT2D eigenvalue weighted by Gasteiger charge is 2.18. The second-order valence-corrected chi connectivity index (χ2v) is 6.19. The summed E-state index contributed by atoms with van der Waals surface area (Å²) in [6, 6.07) is -0.477. The predicted octanol–water partition coefficient (Wildman–Crippen LogP) is 4.44. The van der Waals surface area contributed by atoms with Crippen LogP contribution in [0.15, 0.2) is 4.99 Å². The Bertz CT molecular complexity index is 331. The van der Waals surface area contributed by atoms with Gasteiger partial charge in [-0.3, -0.25) is 4.79 Å². The fourth-order valence-corrected chi connectivity index (χ4v) is 2.59. The Balaban J connectivity index is 3.60. The van der Waals surface area contributed by atoms with Crippen molar-refractivity contribution in [1.29, 1.82) is 0 Å². The van der Waals surface area contributed by atoms with Gasteiger partial charge in [0.25, 0.3) is 0 Å². The topological polar surface area (TPSA) is 61.7 Å². The summed E-state index contributed by atoms with van der Waals surface area (Å²) in [5, 5.41) is 14.4. The summed E-state index contributed by atoms with van der Waals surface area (Å²) >= 11 is 4.48. The van der Waals surface area contributed by atoms with Crippen molar-refractivity contribution >= 4 is 23.3 Å². The molecule has 0 aromatic heterocycles. The second-order valence-electron chi connectivity index (χ2n) is 6.01. The number of carboxylic acids is 1. The van der Waals surface area contributed by atoms with Gasteiger partial charge in [-0.1, -0.05) is 64.7 Å². The molecule has 0 aromatic carbocycles. The molecule has 0 aromatic rings. The van der Waals surface area contributed by atoms with Gasteiger partial charge >= 0.3 is 5.97 Å². The van der Waals surface area contributed by atoms with Crippen LogP contribution in [-0.2, 0) is 4.79 Å². The molecule has 4 nitrogen and oxygen atoms in total. The van der Waals surface area contributed by atoms with Crippen molar-refractivity contribution in [1.82, 2.24) is 5.32 Å². The van der Waals surface area contributed by atoms with Crippen molar-refractivity contribution in [2.24, 2.45) is 4.99 Å². The first kappa shape index (κ1) is 21.2. The number of carboxylic acid groups (broad SMARTS) is 1. The summed E-state index contributed by atoms with van der Waals surface area (Å²) < 4.78 is 0. The van der Waals surface area contributed by atoms with Crippen LogP contribution in [0.5, 0.6) is 0 Å². The molecule has 0 amide bonds. The van der Waals surface area contributed by atoms with Crippen molar-refractivity contribution in [3.8, 4) is 0 Å². The van der Waals surface area contributed by atoms with Crippen molar-refractivity contribution in [2.45, 2.75) is 90.1 Å². The van der Waals surface area contributed by atoms with Gasteiger partial charge in [-0.15, -0.1) is 0 Å². The SMILES string of the molecule is CCCCCCCCCCCC(C)NC(CN=C=S)C(=O)O. The first-order valence-corrected chi connectivity index (χ1v) is 9.05. The molecule has 128 valence electrons. The van der Waals surface area contributed by atoms with Gasteiger partial charge in [0, 0.05) is 6.04 Å². The third-order valence-electron chi connectivity index (χ3n) is 3.86. The van der Waals surface area contributed by atoms with Gasteiger partial charge in [-0.2, -0.15) is 0 Å². The van der Waals surface area contributed by atoms with Gasteiger partial charge < -0.3 is 10.4 Å². The molecule has 5 heteroatoms. The molecule has 2 unspecified atom stereocenters. The van der Waals surface area contributed by atoms with Crippen molar-refractivity contribution < 1.29 is 9.90 Å². The highest BCUT2D eigenvalue weighted by molar-refractivity contribution is 7.78. The maximum absolute atomic E-state index is 11.1. The number of carbonyl (C=O) groups is 1. The number of unbranched alkanes of at least 4 members (excludes halogenated alkanes) is 8. The summed E-state index contributed by atoms with van der Waals surface area (Å²) in [5.41, 5.74) is 0. The van der Waals surface area contributed by atoms with E-state index in [4.69, 9.17) is 5.11 Å². The highest BCUT2D eigenvalue weighted by Crippen LogP contribution is 2.11. The number of hydrogen-bond donors (Lipinski definition) is 2. The Hall–Kier alpha value is -0.770. The fraction of sp³-hybridized carbons (Fsp3) is 0.882. The molecule has 0 saturated heterocycles. The van der Waals surface area contributed by atoms with Crippen LogP contribution in [0.1, 0.15) is 78.1 Å². The molecule has 0 spiro atoms. The zero-order valence-electron chi connectivity index (χ0n) is 14.1. The number of thiocarbonyl (C=S) groups is 1. The zero-order chi connectivity index (χ0) is 16.6.